The summed E-state index contributed by atoms with van der Waals surface area (Å²) in [5.41, 5.74) is 3.42. The van der Waals surface area contributed by atoms with Crippen LogP contribution in [0.4, 0.5) is 11.4 Å². The SMILES string of the molecule is O=C1C(Nc2ccccc2)=C[C@@H](c2cccc(Br)c2)N1c1ccccc1. The van der Waals surface area contributed by atoms with Crippen molar-refractivity contribution >= 4 is 33.2 Å². The van der Waals surface area contributed by atoms with Crippen molar-refractivity contribution in [2.75, 3.05) is 10.2 Å². The summed E-state index contributed by atoms with van der Waals surface area (Å²) in [7, 11) is 0. The van der Waals surface area contributed by atoms with Crippen LogP contribution in [0.25, 0.3) is 0 Å². The molecule has 128 valence electrons. The average molecular weight is 405 g/mol. The Labute approximate surface area is 161 Å². The molecule has 1 atom stereocenters. The fourth-order valence-corrected chi connectivity index (χ4v) is 3.55. The molecule has 0 saturated heterocycles. The van der Waals surface area contributed by atoms with Crippen molar-refractivity contribution in [2.45, 2.75) is 6.04 Å². The van der Waals surface area contributed by atoms with Gasteiger partial charge in [-0.25, -0.2) is 0 Å². The van der Waals surface area contributed by atoms with E-state index < -0.39 is 0 Å². The molecule has 0 spiro atoms. The van der Waals surface area contributed by atoms with E-state index in [4.69, 9.17) is 0 Å². The van der Waals surface area contributed by atoms with Gasteiger partial charge < -0.3 is 5.32 Å². The van der Waals surface area contributed by atoms with Crippen molar-refractivity contribution in [1.29, 1.82) is 0 Å². The fourth-order valence-electron chi connectivity index (χ4n) is 3.13. The number of benzene rings is 3. The van der Waals surface area contributed by atoms with Crippen LogP contribution in [0.5, 0.6) is 0 Å². The van der Waals surface area contributed by atoms with Gasteiger partial charge in [-0.15, -0.1) is 0 Å². The topological polar surface area (TPSA) is 32.3 Å². The van der Waals surface area contributed by atoms with Crippen LogP contribution < -0.4 is 10.2 Å². The van der Waals surface area contributed by atoms with Crippen LogP contribution in [-0.2, 0) is 4.79 Å². The van der Waals surface area contributed by atoms with Gasteiger partial charge >= 0.3 is 0 Å². The second-order valence-electron chi connectivity index (χ2n) is 6.08. The average Bonchev–Trinajstić information content (AvgIpc) is 3.00. The van der Waals surface area contributed by atoms with Crippen LogP contribution >= 0.6 is 15.9 Å². The monoisotopic (exact) mass is 404 g/mol. The molecule has 4 heteroatoms. The van der Waals surface area contributed by atoms with Crippen LogP contribution in [0.3, 0.4) is 0 Å². The smallest absolute Gasteiger partial charge is 0.275 e. The number of hydrogen-bond acceptors (Lipinski definition) is 2. The van der Waals surface area contributed by atoms with Crippen molar-refractivity contribution < 1.29 is 4.79 Å². The van der Waals surface area contributed by atoms with Crippen molar-refractivity contribution in [1.82, 2.24) is 0 Å². The number of nitrogens with zero attached hydrogens (tertiary/aromatic N) is 1. The first-order chi connectivity index (χ1) is 12.7. The first-order valence-electron chi connectivity index (χ1n) is 8.40. The number of carbonyl (C=O) groups excluding carboxylic acids is 1. The molecule has 1 heterocycles. The Kier molecular flexibility index (Phi) is 4.59. The predicted molar refractivity (Wildman–Crippen MR) is 109 cm³/mol. The molecule has 0 fully saturated rings. The predicted octanol–water partition coefficient (Wildman–Crippen LogP) is 5.53. The van der Waals surface area contributed by atoms with E-state index in [1.165, 1.54) is 0 Å². The molecule has 0 bridgehead atoms. The Bertz CT molecular complexity index is 954. The lowest BCUT2D eigenvalue weighted by Gasteiger charge is -2.25. The largest absolute Gasteiger partial charge is 0.351 e. The number of anilines is 2. The van der Waals surface area contributed by atoms with Gasteiger partial charge in [-0.2, -0.15) is 0 Å². The zero-order chi connectivity index (χ0) is 17.9. The van der Waals surface area contributed by atoms with E-state index in [1.807, 2.05) is 89.8 Å². The molecule has 0 radical (unpaired) electrons. The number of nitrogens with one attached hydrogen (secondary N) is 1. The Balaban J connectivity index is 1.74. The molecule has 3 aromatic rings. The third kappa shape index (κ3) is 3.28. The molecule has 0 saturated carbocycles. The van der Waals surface area contributed by atoms with Gasteiger partial charge in [-0.3, -0.25) is 9.69 Å². The highest BCUT2D eigenvalue weighted by Gasteiger charge is 2.34. The minimum Gasteiger partial charge on any atom is -0.351 e. The number of amides is 1. The van der Waals surface area contributed by atoms with Crippen LogP contribution in [0.2, 0.25) is 0 Å². The summed E-state index contributed by atoms with van der Waals surface area (Å²) >= 11 is 3.53. The lowest BCUT2D eigenvalue weighted by molar-refractivity contribution is -0.114. The molecule has 26 heavy (non-hydrogen) atoms. The minimum atomic E-state index is -0.159. The van der Waals surface area contributed by atoms with E-state index in [2.05, 4.69) is 27.3 Å². The first-order valence-corrected chi connectivity index (χ1v) is 9.19. The molecular weight excluding hydrogens is 388 g/mol. The lowest BCUT2D eigenvalue weighted by Crippen LogP contribution is -2.30. The normalized spacial score (nSPS) is 16.5. The third-order valence-corrected chi connectivity index (χ3v) is 4.82. The maximum atomic E-state index is 13.2. The second-order valence-corrected chi connectivity index (χ2v) is 7.00. The number of carbonyl (C=O) groups is 1. The molecule has 0 aliphatic carbocycles. The summed E-state index contributed by atoms with van der Waals surface area (Å²) in [6.45, 7) is 0. The van der Waals surface area contributed by atoms with E-state index in [-0.39, 0.29) is 11.9 Å². The third-order valence-electron chi connectivity index (χ3n) is 4.33. The Morgan fingerprint density at radius 1 is 0.846 bits per heavy atom. The zero-order valence-corrected chi connectivity index (χ0v) is 15.6. The first kappa shape index (κ1) is 16.6. The van der Waals surface area contributed by atoms with Crippen molar-refractivity contribution in [2.24, 2.45) is 0 Å². The molecule has 3 nitrogen and oxygen atoms in total. The molecule has 3 aromatic carbocycles. The summed E-state index contributed by atoms with van der Waals surface area (Å²) in [4.78, 5) is 15.0. The summed E-state index contributed by atoms with van der Waals surface area (Å²) in [5, 5.41) is 3.26. The number of hydrogen-bond donors (Lipinski definition) is 1. The summed E-state index contributed by atoms with van der Waals surface area (Å²) in [6, 6.07) is 27.4. The van der Waals surface area contributed by atoms with Gasteiger partial charge in [0.15, 0.2) is 0 Å². The van der Waals surface area contributed by atoms with Gasteiger partial charge in [0.2, 0.25) is 0 Å². The second kappa shape index (κ2) is 7.18. The van der Waals surface area contributed by atoms with Gasteiger partial charge in [0.05, 0.1) is 6.04 Å². The molecule has 1 amide bonds. The standard InChI is InChI=1S/C22H17BrN2O/c23-17-9-7-8-16(14-17)21-15-20(24-18-10-3-1-4-11-18)22(26)25(21)19-12-5-2-6-13-19/h1-15,21,24H/t21-/m0/s1. The van der Waals surface area contributed by atoms with Crippen molar-refractivity contribution in [3.05, 3.63) is 107 Å². The van der Waals surface area contributed by atoms with Gasteiger partial charge in [0.1, 0.15) is 5.70 Å². The van der Waals surface area contributed by atoms with E-state index in [0.29, 0.717) is 5.70 Å². The Hall–Kier alpha value is -2.85. The van der Waals surface area contributed by atoms with Crippen LogP contribution in [-0.4, -0.2) is 5.91 Å². The van der Waals surface area contributed by atoms with E-state index in [1.54, 1.807) is 0 Å². The molecule has 0 aromatic heterocycles. The zero-order valence-electron chi connectivity index (χ0n) is 14.0. The highest BCUT2D eigenvalue weighted by molar-refractivity contribution is 9.10. The maximum absolute atomic E-state index is 13.2. The van der Waals surface area contributed by atoms with E-state index in [0.717, 1.165) is 21.4 Å². The number of halogens is 1. The van der Waals surface area contributed by atoms with E-state index in [9.17, 15) is 4.79 Å². The van der Waals surface area contributed by atoms with Gasteiger partial charge in [0, 0.05) is 15.8 Å². The quantitative estimate of drug-likeness (QED) is 0.619. The molecule has 4 rings (SSSR count). The van der Waals surface area contributed by atoms with Crippen LogP contribution in [0.15, 0.2) is 101 Å². The van der Waals surface area contributed by atoms with Crippen molar-refractivity contribution in [3.63, 3.8) is 0 Å². The summed E-state index contributed by atoms with van der Waals surface area (Å²) < 4.78 is 0.994. The molecular formula is C22H17BrN2O. The molecule has 1 aliphatic rings. The van der Waals surface area contributed by atoms with Crippen LogP contribution in [0, 0.1) is 0 Å². The fraction of sp³-hybridized carbons (Fsp3) is 0.0455. The molecule has 1 aliphatic heterocycles. The summed E-state index contributed by atoms with van der Waals surface area (Å²) in [5.74, 6) is -0.0370. The maximum Gasteiger partial charge on any atom is 0.275 e. The van der Waals surface area contributed by atoms with Gasteiger partial charge in [-0.05, 0) is 48.0 Å². The summed E-state index contributed by atoms with van der Waals surface area (Å²) in [6.07, 6.45) is 1.99. The lowest BCUT2D eigenvalue weighted by atomic mass is 10.1. The number of rotatable bonds is 4. The minimum absolute atomic E-state index is 0.0370. The Morgan fingerprint density at radius 3 is 2.23 bits per heavy atom. The molecule has 0 unspecified atom stereocenters. The highest BCUT2D eigenvalue weighted by atomic mass is 79.9. The Morgan fingerprint density at radius 2 is 1.54 bits per heavy atom. The molecule has 1 N–H and O–H groups in total. The number of para-hydroxylation sites is 2. The van der Waals surface area contributed by atoms with Gasteiger partial charge in [0.25, 0.3) is 5.91 Å². The van der Waals surface area contributed by atoms with E-state index >= 15 is 0 Å². The van der Waals surface area contributed by atoms with Gasteiger partial charge in [-0.1, -0.05) is 64.5 Å². The van der Waals surface area contributed by atoms with Crippen LogP contribution in [0.1, 0.15) is 11.6 Å². The van der Waals surface area contributed by atoms with Crippen molar-refractivity contribution in [3.8, 4) is 0 Å². The highest BCUT2D eigenvalue weighted by Crippen LogP contribution is 2.36.